The second-order valence-electron chi connectivity index (χ2n) is 3.73. The number of aliphatic hydroxyl groups excluding tert-OH is 2. The molecule has 0 heterocycles. The van der Waals surface area contributed by atoms with E-state index in [4.69, 9.17) is 10.2 Å². The van der Waals surface area contributed by atoms with Crippen molar-refractivity contribution in [1.29, 1.82) is 0 Å². The minimum absolute atomic E-state index is 0.326. The van der Waals surface area contributed by atoms with Crippen LogP contribution in [-0.2, 0) is 12.1 Å². The fraction of sp³-hybridized carbons (Fsp3) is 0.500. The van der Waals surface area contributed by atoms with E-state index in [-0.39, 0.29) is 0 Å². The molecule has 0 aliphatic heterocycles. The number of alkyl halides is 1. The summed E-state index contributed by atoms with van der Waals surface area (Å²) in [5, 5.41) is 17.8. The van der Waals surface area contributed by atoms with Crippen LogP contribution >= 0.6 is 0 Å². The zero-order valence-electron chi connectivity index (χ0n) is 8.91. The lowest BCUT2D eigenvalue weighted by Crippen LogP contribution is -2.29. The van der Waals surface area contributed by atoms with Gasteiger partial charge in [0.05, 0.1) is 13.2 Å². The predicted octanol–water partition coefficient (Wildman–Crippen LogP) is 1.79. The van der Waals surface area contributed by atoms with Gasteiger partial charge in [0.1, 0.15) is 0 Å². The normalized spacial score (nSPS) is 11.7. The summed E-state index contributed by atoms with van der Waals surface area (Å²) in [4.78, 5) is 0. The maximum atomic E-state index is 13.8. The first kappa shape index (κ1) is 12.1. The van der Waals surface area contributed by atoms with E-state index in [0.29, 0.717) is 5.56 Å². The summed E-state index contributed by atoms with van der Waals surface area (Å²) >= 11 is 0. The largest absolute Gasteiger partial charge is 0.393 e. The smallest absolute Gasteiger partial charge is 0.181 e. The van der Waals surface area contributed by atoms with Crippen molar-refractivity contribution in [2.45, 2.75) is 25.4 Å². The van der Waals surface area contributed by atoms with Crippen LogP contribution in [0.1, 0.15) is 24.5 Å². The summed E-state index contributed by atoms with van der Waals surface area (Å²) < 4.78 is 13.8. The minimum atomic E-state index is -2.02. The average Bonchev–Trinajstić information content (AvgIpc) is 2.29. The molecular weight excluding hydrogens is 195 g/mol. The van der Waals surface area contributed by atoms with Gasteiger partial charge in [-0.2, -0.15) is 0 Å². The van der Waals surface area contributed by atoms with Gasteiger partial charge in [-0.3, -0.25) is 0 Å². The molecule has 0 aromatic heterocycles. The molecule has 1 rings (SSSR count). The molecule has 0 spiro atoms. The predicted molar refractivity (Wildman–Crippen MR) is 57.4 cm³/mol. The number of benzene rings is 1. The van der Waals surface area contributed by atoms with Gasteiger partial charge in [0, 0.05) is 0 Å². The monoisotopic (exact) mass is 212 g/mol. The number of hydrogen-bond donors (Lipinski definition) is 2. The lowest BCUT2D eigenvalue weighted by Gasteiger charge is -2.20. The highest BCUT2D eigenvalue weighted by atomic mass is 19.1. The van der Waals surface area contributed by atoms with E-state index in [1.807, 2.05) is 12.1 Å². The molecule has 84 valence electrons. The fourth-order valence-electron chi connectivity index (χ4n) is 1.49. The van der Waals surface area contributed by atoms with E-state index in [2.05, 4.69) is 6.92 Å². The number of hydrogen-bond acceptors (Lipinski definition) is 2. The van der Waals surface area contributed by atoms with Gasteiger partial charge in [0.25, 0.3) is 0 Å². The van der Waals surface area contributed by atoms with Crippen LogP contribution in [0.4, 0.5) is 4.39 Å². The quantitative estimate of drug-likeness (QED) is 0.781. The summed E-state index contributed by atoms with van der Waals surface area (Å²) in [5.74, 6) is 0. The number of halogens is 1. The Hall–Kier alpha value is -0.930. The lowest BCUT2D eigenvalue weighted by atomic mass is 9.96. The van der Waals surface area contributed by atoms with Crippen LogP contribution in [-0.4, -0.2) is 23.4 Å². The molecule has 0 aliphatic rings. The van der Waals surface area contributed by atoms with E-state index in [1.54, 1.807) is 12.1 Å². The van der Waals surface area contributed by atoms with Gasteiger partial charge in [-0.1, -0.05) is 37.6 Å². The molecule has 2 N–H and O–H groups in total. The number of aryl methyl sites for hydroxylation is 1. The summed E-state index contributed by atoms with van der Waals surface area (Å²) in [5.41, 5.74) is -0.558. The molecule has 0 fully saturated rings. The van der Waals surface area contributed by atoms with Crippen LogP contribution in [0.25, 0.3) is 0 Å². The van der Waals surface area contributed by atoms with Gasteiger partial charge < -0.3 is 10.2 Å². The second-order valence-corrected chi connectivity index (χ2v) is 3.73. The summed E-state index contributed by atoms with van der Waals surface area (Å²) in [7, 11) is 0. The van der Waals surface area contributed by atoms with Crippen LogP contribution in [0.15, 0.2) is 24.3 Å². The molecular formula is C12H17FO2. The van der Waals surface area contributed by atoms with Gasteiger partial charge in [-0.25, -0.2) is 4.39 Å². The van der Waals surface area contributed by atoms with Crippen LogP contribution in [0.5, 0.6) is 0 Å². The van der Waals surface area contributed by atoms with Gasteiger partial charge in [0.15, 0.2) is 5.67 Å². The first-order valence-corrected chi connectivity index (χ1v) is 5.16. The van der Waals surface area contributed by atoms with Crippen molar-refractivity contribution < 1.29 is 14.6 Å². The Balaban J connectivity index is 2.87. The lowest BCUT2D eigenvalue weighted by molar-refractivity contribution is 0.0129. The molecule has 0 atom stereocenters. The number of rotatable bonds is 5. The Kier molecular flexibility index (Phi) is 4.24. The van der Waals surface area contributed by atoms with Gasteiger partial charge in [-0.15, -0.1) is 0 Å². The third-order valence-corrected chi connectivity index (χ3v) is 2.51. The van der Waals surface area contributed by atoms with Crippen molar-refractivity contribution in [3.8, 4) is 0 Å². The molecule has 0 radical (unpaired) electrons. The Morgan fingerprint density at radius 3 is 2.07 bits per heavy atom. The highest BCUT2D eigenvalue weighted by molar-refractivity contribution is 5.27. The Morgan fingerprint density at radius 2 is 1.67 bits per heavy atom. The third kappa shape index (κ3) is 2.76. The molecule has 2 nitrogen and oxygen atoms in total. The van der Waals surface area contributed by atoms with Crippen molar-refractivity contribution >= 4 is 0 Å². The first-order valence-electron chi connectivity index (χ1n) is 5.16. The minimum Gasteiger partial charge on any atom is -0.393 e. The van der Waals surface area contributed by atoms with Crippen molar-refractivity contribution in [2.75, 3.05) is 13.2 Å². The molecule has 0 aliphatic carbocycles. The molecule has 0 amide bonds. The van der Waals surface area contributed by atoms with E-state index in [0.717, 1.165) is 18.4 Å². The van der Waals surface area contributed by atoms with Gasteiger partial charge in [-0.05, 0) is 17.5 Å². The van der Waals surface area contributed by atoms with Crippen molar-refractivity contribution in [3.05, 3.63) is 35.4 Å². The van der Waals surface area contributed by atoms with E-state index >= 15 is 0 Å². The second kappa shape index (κ2) is 5.24. The molecule has 0 bridgehead atoms. The Bertz CT molecular complexity index is 291. The van der Waals surface area contributed by atoms with Crippen LogP contribution in [0, 0.1) is 0 Å². The topological polar surface area (TPSA) is 40.5 Å². The molecule has 0 saturated heterocycles. The molecule has 3 heteroatoms. The van der Waals surface area contributed by atoms with Crippen LogP contribution < -0.4 is 0 Å². The molecule has 1 aromatic carbocycles. The molecule has 1 aromatic rings. The van der Waals surface area contributed by atoms with E-state index < -0.39 is 18.9 Å². The summed E-state index contributed by atoms with van der Waals surface area (Å²) in [6, 6.07) is 6.91. The summed E-state index contributed by atoms with van der Waals surface area (Å²) in [6.07, 6.45) is 2.00. The van der Waals surface area contributed by atoms with Gasteiger partial charge >= 0.3 is 0 Å². The van der Waals surface area contributed by atoms with Crippen LogP contribution in [0.2, 0.25) is 0 Å². The first-order chi connectivity index (χ1) is 7.16. The van der Waals surface area contributed by atoms with Crippen molar-refractivity contribution in [3.63, 3.8) is 0 Å². The standard InChI is InChI=1S/C12H17FO2/c1-2-3-10-4-6-11(7-5-10)12(13,8-14)9-15/h4-7,14-15H,2-3,8-9H2,1H3. The zero-order valence-corrected chi connectivity index (χ0v) is 8.91. The van der Waals surface area contributed by atoms with Gasteiger partial charge in [0.2, 0.25) is 0 Å². The highest BCUT2D eigenvalue weighted by Crippen LogP contribution is 2.25. The Labute approximate surface area is 89.4 Å². The molecule has 0 unspecified atom stereocenters. The highest BCUT2D eigenvalue weighted by Gasteiger charge is 2.30. The SMILES string of the molecule is CCCc1ccc(C(F)(CO)CO)cc1. The van der Waals surface area contributed by atoms with E-state index in [9.17, 15) is 4.39 Å². The van der Waals surface area contributed by atoms with Crippen LogP contribution in [0.3, 0.4) is 0 Å². The van der Waals surface area contributed by atoms with Crippen molar-refractivity contribution in [1.82, 2.24) is 0 Å². The maximum absolute atomic E-state index is 13.8. The molecule has 15 heavy (non-hydrogen) atoms. The summed E-state index contributed by atoms with van der Waals surface area (Å²) in [6.45, 7) is 0.683. The zero-order chi connectivity index (χ0) is 11.3. The maximum Gasteiger partial charge on any atom is 0.181 e. The molecule has 0 saturated carbocycles. The van der Waals surface area contributed by atoms with Crippen molar-refractivity contribution in [2.24, 2.45) is 0 Å². The fourth-order valence-corrected chi connectivity index (χ4v) is 1.49. The third-order valence-electron chi connectivity index (χ3n) is 2.51. The average molecular weight is 212 g/mol. The van der Waals surface area contributed by atoms with E-state index in [1.165, 1.54) is 0 Å². The Morgan fingerprint density at radius 1 is 1.13 bits per heavy atom. The number of aliphatic hydroxyl groups is 2.